The molecule has 0 spiro atoms. The lowest BCUT2D eigenvalue weighted by Gasteiger charge is -2.41. The number of nitrogens with one attached hydrogen (secondary N) is 1. The number of aliphatic hydroxyl groups is 1. The minimum Gasteiger partial charge on any atom is -0.396 e. The molecule has 1 aliphatic heterocycles. The summed E-state index contributed by atoms with van der Waals surface area (Å²) in [6.45, 7) is 2.67. The molecule has 3 atom stereocenters. The molecule has 2 bridgehead atoms. The van der Waals surface area contributed by atoms with E-state index >= 15 is 0 Å². The van der Waals surface area contributed by atoms with E-state index in [1.165, 1.54) is 25.7 Å². The molecule has 1 heterocycles. The molecule has 2 saturated carbocycles. The number of rotatable bonds is 4. The van der Waals surface area contributed by atoms with Crippen molar-refractivity contribution in [2.24, 2.45) is 17.3 Å². The molecule has 3 fully saturated rings. The first-order valence-electron chi connectivity index (χ1n) is 6.23. The van der Waals surface area contributed by atoms with Gasteiger partial charge in [-0.05, 0) is 31.1 Å². The van der Waals surface area contributed by atoms with E-state index < -0.39 is 0 Å². The van der Waals surface area contributed by atoms with Gasteiger partial charge >= 0.3 is 0 Å². The fourth-order valence-electron chi connectivity index (χ4n) is 3.48. The summed E-state index contributed by atoms with van der Waals surface area (Å²) in [4.78, 5) is 0. The summed E-state index contributed by atoms with van der Waals surface area (Å²) in [6, 6.07) is 0.729. The van der Waals surface area contributed by atoms with Crippen molar-refractivity contribution < 1.29 is 9.84 Å². The zero-order valence-corrected chi connectivity index (χ0v) is 9.24. The number of hydrogen-bond acceptors (Lipinski definition) is 3. The van der Waals surface area contributed by atoms with Gasteiger partial charge in [-0.1, -0.05) is 6.42 Å². The van der Waals surface area contributed by atoms with Gasteiger partial charge in [-0.2, -0.15) is 0 Å². The summed E-state index contributed by atoms with van der Waals surface area (Å²) in [5.74, 6) is 1.92. The van der Waals surface area contributed by atoms with E-state index in [9.17, 15) is 5.11 Å². The van der Waals surface area contributed by atoms with Crippen molar-refractivity contribution in [3.63, 3.8) is 0 Å². The van der Waals surface area contributed by atoms with Crippen molar-refractivity contribution in [3.8, 4) is 0 Å². The quantitative estimate of drug-likeness (QED) is 0.722. The molecule has 3 heteroatoms. The molecular formula is C12H21NO2. The summed E-state index contributed by atoms with van der Waals surface area (Å²) >= 11 is 0. The van der Waals surface area contributed by atoms with Crippen LogP contribution in [0.3, 0.4) is 0 Å². The van der Waals surface area contributed by atoms with Crippen molar-refractivity contribution in [2.75, 3.05) is 26.4 Å². The Morgan fingerprint density at radius 2 is 2.13 bits per heavy atom. The Bertz CT molecular complexity index is 234. The zero-order valence-electron chi connectivity index (χ0n) is 9.24. The monoisotopic (exact) mass is 211 g/mol. The van der Waals surface area contributed by atoms with Gasteiger partial charge in [0.05, 0.1) is 25.2 Å². The highest BCUT2D eigenvalue weighted by molar-refractivity contribution is 4.96. The van der Waals surface area contributed by atoms with E-state index in [1.54, 1.807) is 0 Å². The maximum atomic E-state index is 9.32. The Hall–Kier alpha value is -0.120. The first-order valence-corrected chi connectivity index (χ1v) is 6.23. The summed E-state index contributed by atoms with van der Waals surface area (Å²) in [6.07, 6.45) is 5.69. The van der Waals surface area contributed by atoms with Crippen LogP contribution < -0.4 is 5.32 Å². The Labute approximate surface area is 91.2 Å². The maximum Gasteiger partial charge on any atom is 0.0579 e. The molecule has 0 amide bonds. The molecule has 2 N–H and O–H groups in total. The van der Waals surface area contributed by atoms with Crippen LogP contribution in [0.2, 0.25) is 0 Å². The van der Waals surface area contributed by atoms with Gasteiger partial charge in [0, 0.05) is 12.6 Å². The van der Waals surface area contributed by atoms with Crippen LogP contribution in [0.25, 0.3) is 0 Å². The van der Waals surface area contributed by atoms with Gasteiger partial charge in [-0.3, -0.25) is 0 Å². The Morgan fingerprint density at radius 3 is 2.60 bits per heavy atom. The predicted molar refractivity (Wildman–Crippen MR) is 57.6 cm³/mol. The van der Waals surface area contributed by atoms with Crippen molar-refractivity contribution in [1.29, 1.82) is 0 Å². The first-order chi connectivity index (χ1) is 7.31. The Kier molecular flexibility index (Phi) is 2.49. The highest BCUT2D eigenvalue weighted by Crippen LogP contribution is 2.44. The molecule has 3 aliphatic rings. The molecule has 3 unspecified atom stereocenters. The molecule has 86 valence electrons. The van der Waals surface area contributed by atoms with Crippen LogP contribution in [0, 0.1) is 17.3 Å². The highest BCUT2D eigenvalue weighted by Gasteiger charge is 2.42. The summed E-state index contributed by atoms with van der Waals surface area (Å²) < 4.78 is 5.21. The third kappa shape index (κ3) is 1.71. The summed E-state index contributed by atoms with van der Waals surface area (Å²) in [5, 5.41) is 13.0. The van der Waals surface area contributed by atoms with Gasteiger partial charge in [-0.25, -0.2) is 0 Å². The van der Waals surface area contributed by atoms with Gasteiger partial charge in [0.15, 0.2) is 0 Å². The smallest absolute Gasteiger partial charge is 0.0579 e. The lowest BCUT2D eigenvalue weighted by Crippen LogP contribution is -2.54. The molecule has 15 heavy (non-hydrogen) atoms. The van der Waals surface area contributed by atoms with E-state index in [1.807, 2.05) is 0 Å². The van der Waals surface area contributed by atoms with Crippen molar-refractivity contribution in [2.45, 2.75) is 31.7 Å². The average molecular weight is 211 g/mol. The van der Waals surface area contributed by atoms with E-state index in [4.69, 9.17) is 4.74 Å². The topological polar surface area (TPSA) is 41.5 Å². The fraction of sp³-hybridized carbons (Fsp3) is 1.00. The van der Waals surface area contributed by atoms with Crippen LogP contribution in [0.1, 0.15) is 25.7 Å². The second-order valence-corrected chi connectivity index (χ2v) is 5.81. The second kappa shape index (κ2) is 3.72. The normalized spacial score (nSPS) is 41.8. The standard InChI is InChI=1S/C12H21NO2/c14-6-12(7-15-8-12)5-13-11-4-9-1-2-10(11)3-9/h9-11,13-14H,1-8H2. The van der Waals surface area contributed by atoms with Crippen molar-refractivity contribution >= 4 is 0 Å². The van der Waals surface area contributed by atoms with Gasteiger partial charge in [0.2, 0.25) is 0 Å². The van der Waals surface area contributed by atoms with Gasteiger partial charge < -0.3 is 15.2 Å². The lowest BCUT2D eigenvalue weighted by molar-refractivity contribution is -0.135. The van der Waals surface area contributed by atoms with Crippen LogP contribution in [-0.4, -0.2) is 37.5 Å². The van der Waals surface area contributed by atoms with Gasteiger partial charge in [-0.15, -0.1) is 0 Å². The Balaban J connectivity index is 1.50. The largest absolute Gasteiger partial charge is 0.396 e. The number of ether oxygens (including phenoxy) is 1. The van der Waals surface area contributed by atoms with Crippen molar-refractivity contribution in [1.82, 2.24) is 5.32 Å². The van der Waals surface area contributed by atoms with E-state index in [0.29, 0.717) is 0 Å². The van der Waals surface area contributed by atoms with E-state index in [-0.39, 0.29) is 12.0 Å². The minimum atomic E-state index is 0.0435. The fourth-order valence-corrected chi connectivity index (χ4v) is 3.48. The summed E-state index contributed by atoms with van der Waals surface area (Å²) in [7, 11) is 0. The molecule has 0 radical (unpaired) electrons. The molecular weight excluding hydrogens is 190 g/mol. The van der Waals surface area contributed by atoms with Crippen LogP contribution in [0.4, 0.5) is 0 Å². The van der Waals surface area contributed by atoms with Crippen LogP contribution in [0.15, 0.2) is 0 Å². The molecule has 0 aromatic carbocycles. The highest BCUT2D eigenvalue weighted by atomic mass is 16.5. The van der Waals surface area contributed by atoms with Gasteiger partial charge in [0.1, 0.15) is 0 Å². The number of fused-ring (bicyclic) bond motifs is 2. The Morgan fingerprint density at radius 1 is 1.27 bits per heavy atom. The third-order valence-corrected chi connectivity index (χ3v) is 4.63. The van der Waals surface area contributed by atoms with E-state index in [0.717, 1.165) is 37.6 Å². The molecule has 0 aromatic rings. The van der Waals surface area contributed by atoms with Crippen molar-refractivity contribution in [3.05, 3.63) is 0 Å². The molecule has 3 rings (SSSR count). The first kappa shape index (κ1) is 10.1. The SMILES string of the molecule is OCC1(CNC2CC3CCC2C3)COC1. The van der Waals surface area contributed by atoms with Crippen LogP contribution in [-0.2, 0) is 4.74 Å². The molecule has 1 saturated heterocycles. The minimum absolute atomic E-state index is 0.0435. The lowest BCUT2D eigenvalue weighted by atomic mass is 9.86. The number of hydrogen-bond donors (Lipinski definition) is 2. The maximum absolute atomic E-state index is 9.32. The molecule has 0 aromatic heterocycles. The number of aliphatic hydroxyl groups excluding tert-OH is 1. The van der Waals surface area contributed by atoms with Crippen LogP contribution >= 0.6 is 0 Å². The van der Waals surface area contributed by atoms with Crippen LogP contribution in [0.5, 0.6) is 0 Å². The zero-order chi connectivity index (χ0) is 10.3. The molecule has 2 aliphatic carbocycles. The predicted octanol–water partition coefficient (Wildman–Crippen LogP) is 0.773. The van der Waals surface area contributed by atoms with Gasteiger partial charge in [0.25, 0.3) is 0 Å². The third-order valence-electron chi connectivity index (χ3n) is 4.63. The van der Waals surface area contributed by atoms with E-state index in [2.05, 4.69) is 5.32 Å². The average Bonchev–Trinajstić information content (AvgIpc) is 2.78. The molecule has 3 nitrogen and oxygen atoms in total. The summed E-state index contributed by atoms with van der Waals surface area (Å²) in [5.41, 5.74) is 0.0435. The second-order valence-electron chi connectivity index (χ2n) is 5.81.